The number of carbonyl (C=O) groups is 1. The Morgan fingerprint density at radius 3 is 2.81 bits per heavy atom. The van der Waals surface area contributed by atoms with Crippen molar-refractivity contribution in [2.24, 2.45) is 12.8 Å². The summed E-state index contributed by atoms with van der Waals surface area (Å²) in [6.07, 6.45) is 3.56. The lowest BCUT2D eigenvalue weighted by atomic mass is 10.0. The van der Waals surface area contributed by atoms with E-state index in [0.29, 0.717) is 12.1 Å². The van der Waals surface area contributed by atoms with Crippen LogP contribution in [0.15, 0.2) is 29.8 Å². The number of aromatic nitrogens is 3. The van der Waals surface area contributed by atoms with Crippen molar-refractivity contribution >= 4 is 22.9 Å². The zero-order valence-electron chi connectivity index (χ0n) is 17.1. The Kier molecular flexibility index (Phi) is 6.12. The zero-order chi connectivity index (χ0) is 22.1. The number of rotatable bonds is 4. The molecule has 1 aliphatic heterocycles. The summed E-state index contributed by atoms with van der Waals surface area (Å²) in [7, 11) is 1.78. The second kappa shape index (κ2) is 8.81. The summed E-state index contributed by atoms with van der Waals surface area (Å²) < 4.78 is 35.9. The number of anilines is 1. The number of nitrogens with two attached hydrogens (primary N) is 1. The smallest absolute Gasteiger partial charge is 0.275 e. The molecular weight excluding hydrogens is 424 g/mol. The van der Waals surface area contributed by atoms with Crippen molar-refractivity contribution in [1.29, 1.82) is 0 Å². The Labute approximate surface area is 182 Å². The molecule has 2 aromatic heterocycles. The van der Waals surface area contributed by atoms with Crippen LogP contribution >= 0.6 is 11.3 Å². The number of amides is 1. The van der Waals surface area contributed by atoms with E-state index in [9.17, 15) is 13.6 Å². The highest BCUT2D eigenvalue weighted by molar-refractivity contribution is 7.13. The van der Waals surface area contributed by atoms with E-state index in [1.165, 1.54) is 11.4 Å². The average molecular weight is 448 g/mol. The lowest BCUT2D eigenvalue weighted by molar-refractivity contribution is -0.00360. The first kappa shape index (κ1) is 21.5. The van der Waals surface area contributed by atoms with E-state index < -0.39 is 17.5 Å². The third kappa shape index (κ3) is 4.51. The molecule has 3 heterocycles. The van der Waals surface area contributed by atoms with E-state index in [4.69, 9.17) is 10.5 Å². The van der Waals surface area contributed by atoms with Crippen LogP contribution in [0.2, 0.25) is 0 Å². The highest BCUT2D eigenvalue weighted by Gasteiger charge is 2.28. The number of ether oxygens (including phenoxy) is 1. The van der Waals surface area contributed by atoms with Gasteiger partial charge < -0.3 is 15.8 Å². The van der Waals surface area contributed by atoms with Gasteiger partial charge in [0.1, 0.15) is 28.4 Å². The first-order valence-corrected chi connectivity index (χ1v) is 10.9. The SMILES string of the molecule is C[C@@H]1C[C@H](N)CC[C@@H](c2c(NC(=O)c3csc(-c4c(F)cccc4F)n3)cnn2C)O1. The van der Waals surface area contributed by atoms with E-state index in [2.05, 4.69) is 15.4 Å². The van der Waals surface area contributed by atoms with Gasteiger partial charge in [0.25, 0.3) is 5.91 Å². The number of hydrogen-bond acceptors (Lipinski definition) is 6. The molecule has 31 heavy (non-hydrogen) atoms. The molecule has 3 atom stereocenters. The fourth-order valence-corrected chi connectivity index (χ4v) is 4.67. The molecule has 1 amide bonds. The standard InChI is InChI=1S/C21H23F2N5O2S/c1-11-8-12(24)6-7-17(30-11)19-15(9-25-28(19)2)26-20(29)16-10-31-21(27-16)18-13(22)4-3-5-14(18)23/h3-5,9-12,17H,6-8,24H2,1-2H3,(H,26,29)/t11-,12-,17+/m1/s1. The van der Waals surface area contributed by atoms with Gasteiger partial charge in [-0.05, 0) is 38.3 Å². The quantitative estimate of drug-likeness (QED) is 0.630. The summed E-state index contributed by atoms with van der Waals surface area (Å²) in [4.78, 5) is 16.9. The lowest BCUT2D eigenvalue weighted by Crippen LogP contribution is -2.23. The van der Waals surface area contributed by atoms with Crippen molar-refractivity contribution in [3.63, 3.8) is 0 Å². The normalized spacial score (nSPS) is 21.6. The zero-order valence-corrected chi connectivity index (χ0v) is 18.0. The molecule has 1 fully saturated rings. The van der Waals surface area contributed by atoms with E-state index in [0.717, 1.165) is 42.0 Å². The van der Waals surface area contributed by atoms with Crippen molar-refractivity contribution in [1.82, 2.24) is 14.8 Å². The molecule has 0 unspecified atom stereocenters. The minimum absolute atomic E-state index is 0.0160. The molecule has 0 spiro atoms. The summed E-state index contributed by atoms with van der Waals surface area (Å²) in [5.74, 6) is -1.95. The summed E-state index contributed by atoms with van der Waals surface area (Å²) in [6, 6.07) is 3.66. The van der Waals surface area contributed by atoms with Gasteiger partial charge in [0.15, 0.2) is 0 Å². The van der Waals surface area contributed by atoms with Crippen molar-refractivity contribution in [2.75, 3.05) is 5.32 Å². The van der Waals surface area contributed by atoms with Crippen molar-refractivity contribution in [3.8, 4) is 10.6 Å². The van der Waals surface area contributed by atoms with Crippen molar-refractivity contribution < 1.29 is 18.3 Å². The van der Waals surface area contributed by atoms with E-state index in [1.807, 2.05) is 6.92 Å². The molecular formula is C21H23F2N5O2S. The molecule has 7 nitrogen and oxygen atoms in total. The van der Waals surface area contributed by atoms with Gasteiger partial charge in [-0.1, -0.05) is 6.07 Å². The number of thiazole rings is 1. The van der Waals surface area contributed by atoms with Crippen LogP contribution < -0.4 is 11.1 Å². The molecule has 0 radical (unpaired) electrons. The number of nitrogens with zero attached hydrogens (tertiary/aromatic N) is 3. The third-order valence-electron chi connectivity index (χ3n) is 5.28. The number of carbonyl (C=O) groups excluding carboxylic acids is 1. The molecule has 10 heteroatoms. The molecule has 3 N–H and O–H groups in total. The van der Waals surface area contributed by atoms with Gasteiger partial charge >= 0.3 is 0 Å². The summed E-state index contributed by atoms with van der Waals surface area (Å²) in [5, 5.41) is 8.64. The van der Waals surface area contributed by atoms with Gasteiger partial charge in [-0.25, -0.2) is 13.8 Å². The Morgan fingerprint density at radius 2 is 2.06 bits per heavy atom. The van der Waals surface area contributed by atoms with Crippen LogP contribution in [0.5, 0.6) is 0 Å². The summed E-state index contributed by atoms with van der Waals surface area (Å²) >= 11 is 0.999. The first-order valence-electron chi connectivity index (χ1n) is 9.97. The molecule has 1 aromatic carbocycles. The number of halogens is 2. The molecule has 0 aliphatic carbocycles. The minimum atomic E-state index is -0.728. The lowest BCUT2D eigenvalue weighted by Gasteiger charge is -2.20. The van der Waals surface area contributed by atoms with Gasteiger partial charge in [-0.15, -0.1) is 11.3 Å². The van der Waals surface area contributed by atoms with Gasteiger partial charge in [0.05, 0.1) is 29.2 Å². The fourth-order valence-electron chi connectivity index (χ4n) is 3.82. The van der Waals surface area contributed by atoms with Crippen LogP contribution in [0, 0.1) is 11.6 Å². The number of hydrogen-bond donors (Lipinski definition) is 2. The molecule has 0 saturated carbocycles. The molecule has 1 saturated heterocycles. The van der Waals surface area contributed by atoms with Crippen LogP contribution in [0.3, 0.4) is 0 Å². The van der Waals surface area contributed by atoms with Crippen LogP contribution in [-0.4, -0.2) is 32.8 Å². The minimum Gasteiger partial charge on any atom is -0.369 e. The van der Waals surface area contributed by atoms with Gasteiger partial charge in [-0.2, -0.15) is 5.10 Å². The van der Waals surface area contributed by atoms with Crippen LogP contribution in [0.25, 0.3) is 10.6 Å². The number of aryl methyl sites for hydroxylation is 1. The van der Waals surface area contributed by atoms with Gasteiger partial charge in [-0.3, -0.25) is 9.48 Å². The third-order valence-corrected chi connectivity index (χ3v) is 6.14. The Bertz CT molecular complexity index is 1080. The molecule has 0 bridgehead atoms. The maximum Gasteiger partial charge on any atom is 0.275 e. The highest BCUT2D eigenvalue weighted by atomic mass is 32.1. The van der Waals surface area contributed by atoms with Gasteiger partial charge in [0.2, 0.25) is 0 Å². The second-order valence-electron chi connectivity index (χ2n) is 7.66. The predicted octanol–water partition coefficient (Wildman–Crippen LogP) is 4.03. The molecule has 1 aliphatic rings. The predicted molar refractivity (Wildman–Crippen MR) is 114 cm³/mol. The van der Waals surface area contributed by atoms with Gasteiger partial charge in [0, 0.05) is 18.5 Å². The fraction of sp³-hybridized carbons (Fsp3) is 0.381. The largest absolute Gasteiger partial charge is 0.369 e. The van der Waals surface area contributed by atoms with Crippen molar-refractivity contribution in [2.45, 2.75) is 44.4 Å². The van der Waals surface area contributed by atoms with E-state index >= 15 is 0 Å². The topological polar surface area (TPSA) is 95.1 Å². The molecule has 4 rings (SSSR count). The monoisotopic (exact) mass is 447 g/mol. The van der Waals surface area contributed by atoms with E-state index in [1.54, 1.807) is 17.9 Å². The van der Waals surface area contributed by atoms with Crippen LogP contribution in [0.4, 0.5) is 14.5 Å². The maximum atomic E-state index is 14.0. The first-order chi connectivity index (χ1) is 14.8. The Hall–Kier alpha value is -2.69. The average Bonchev–Trinajstić information content (AvgIpc) is 3.28. The molecule has 164 valence electrons. The maximum absolute atomic E-state index is 14.0. The number of nitrogens with one attached hydrogen (secondary N) is 1. The Morgan fingerprint density at radius 1 is 1.32 bits per heavy atom. The second-order valence-corrected chi connectivity index (χ2v) is 8.52. The Balaban J connectivity index is 1.56. The van der Waals surface area contributed by atoms with Crippen LogP contribution in [0.1, 0.15) is 48.5 Å². The number of benzene rings is 1. The van der Waals surface area contributed by atoms with Crippen LogP contribution in [-0.2, 0) is 11.8 Å². The summed E-state index contributed by atoms with van der Waals surface area (Å²) in [5.41, 5.74) is 7.18. The van der Waals surface area contributed by atoms with E-state index in [-0.39, 0.29) is 34.5 Å². The summed E-state index contributed by atoms with van der Waals surface area (Å²) in [6.45, 7) is 1.98. The van der Waals surface area contributed by atoms with Crippen molar-refractivity contribution in [3.05, 3.63) is 52.8 Å². The highest BCUT2D eigenvalue weighted by Crippen LogP contribution is 2.34. The molecule has 3 aromatic rings.